The number of benzene rings is 1. The van der Waals surface area contributed by atoms with Crippen LogP contribution in [0.25, 0.3) is 10.9 Å². The van der Waals surface area contributed by atoms with Gasteiger partial charge in [0, 0.05) is 11.6 Å². The number of fused-ring (bicyclic) bond motifs is 1. The number of unbranched alkanes of at least 4 members (excludes halogenated alkanes) is 2. The lowest BCUT2D eigenvalue weighted by molar-refractivity contribution is 0.117. The van der Waals surface area contributed by atoms with Crippen LogP contribution in [0.4, 0.5) is 0 Å². The molecule has 3 nitrogen and oxygen atoms in total. The molecule has 3 heteroatoms. The first kappa shape index (κ1) is 13.8. The van der Waals surface area contributed by atoms with Crippen molar-refractivity contribution in [2.24, 2.45) is 0 Å². The van der Waals surface area contributed by atoms with Crippen molar-refractivity contribution in [3.05, 3.63) is 30.5 Å². The van der Waals surface area contributed by atoms with Crippen LogP contribution in [-0.2, 0) is 0 Å². The monoisotopic (exact) mass is 261 g/mol. The van der Waals surface area contributed by atoms with Crippen molar-refractivity contribution in [3.63, 3.8) is 0 Å². The predicted octanol–water partition coefficient (Wildman–Crippen LogP) is 4.05. The van der Waals surface area contributed by atoms with E-state index in [0.29, 0.717) is 0 Å². The number of hydrogen-bond acceptors (Lipinski definition) is 2. The molecule has 0 amide bonds. The fourth-order valence-corrected chi connectivity index (χ4v) is 1.99. The molecule has 0 aliphatic heterocycles. The minimum Gasteiger partial charge on any atom is -0.493 e. The largest absolute Gasteiger partial charge is 0.493 e. The van der Waals surface area contributed by atoms with Crippen LogP contribution in [0.3, 0.4) is 0 Å². The van der Waals surface area contributed by atoms with Gasteiger partial charge < -0.3 is 9.57 Å². The number of aromatic nitrogens is 1. The van der Waals surface area contributed by atoms with E-state index in [1.54, 1.807) is 0 Å². The lowest BCUT2D eigenvalue weighted by Crippen LogP contribution is -2.11. The van der Waals surface area contributed by atoms with Gasteiger partial charge in [0.15, 0.2) is 0 Å². The topological polar surface area (TPSA) is 23.4 Å². The first-order chi connectivity index (χ1) is 9.36. The van der Waals surface area contributed by atoms with Gasteiger partial charge in [-0.3, -0.25) is 0 Å². The predicted molar refractivity (Wildman–Crippen MR) is 78.7 cm³/mol. The highest BCUT2D eigenvalue weighted by Gasteiger charge is 2.06. The third-order valence-corrected chi connectivity index (χ3v) is 3.14. The van der Waals surface area contributed by atoms with E-state index in [2.05, 4.69) is 26.0 Å². The van der Waals surface area contributed by atoms with Gasteiger partial charge in [-0.25, -0.2) is 0 Å². The summed E-state index contributed by atoms with van der Waals surface area (Å²) in [5.74, 6) is 0.948. The maximum Gasteiger partial charge on any atom is 0.128 e. The van der Waals surface area contributed by atoms with Gasteiger partial charge in [0.1, 0.15) is 12.4 Å². The average Bonchev–Trinajstić information content (AvgIpc) is 2.84. The molecule has 0 saturated carbocycles. The van der Waals surface area contributed by atoms with Crippen LogP contribution >= 0.6 is 0 Å². The fraction of sp³-hybridized carbons (Fsp3) is 0.500. The van der Waals surface area contributed by atoms with E-state index in [1.807, 2.05) is 23.1 Å². The Labute approximate surface area is 115 Å². The summed E-state index contributed by atoms with van der Waals surface area (Å²) in [5, 5.41) is 1.12. The van der Waals surface area contributed by atoms with Crippen LogP contribution in [-0.4, -0.2) is 17.9 Å². The Bertz CT molecular complexity index is 504. The van der Waals surface area contributed by atoms with Crippen molar-refractivity contribution < 1.29 is 9.57 Å². The lowest BCUT2D eigenvalue weighted by Gasteiger charge is -2.09. The summed E-state index contributed by atoms with van der Waals surface area (Å²) in [6, 6.07) is 8.16. The van der Waals surface area contributed by atoms with Crippen molar-refractivity contribution in [1.82, 2.24) is 4.73 Å². The molecule has 0 N–H and O–H groups in total. The van der Waals surface area contributed by atoms with Crippen LogP contribution < -0.4 is 9.57 Å². The zero-order chi connectivity index (χ0) is 13.5. The summed E-state index contributed by atoms with van der Waals surface area (Å²) in [4.78, 5) is 5.74. The molecule has 104 valence electrons. The van der Waals surface area contributed by atoms with Gasteiger partial charge in [0.05, 0.1) is 12.1 Å². The molecule has 1 aromatic heterocycles. The van der Waals surface area contributed by atoms with E-state index in [4.69, 9.17) is 9.57 Å². The minimum atomic E-state index is 0.751. The zero-order valence-corrected chi connectivity index (χ0v) is 11.9. The smallest absolute Gasteiger partial charge is 0.128 e. The van der Waals surface area contributed by atoms with Crippen LogP contribution in [0.1, 0.15) is 39.5 Å². The molecular weight excluding hydrogens is 238 g/mol. The number of rotatable bonds is 8. The maximum absolute atomic E-state index is 5.83. The summed E-state index contributed by atoms with van der Waals surface area (Å²) < 4.78 is 7.67. The van der Waals surface area contributed by atoms with Gasteiger partial charge in [0.25, 0.3) is 0 Å². The van der Waals surface area contributed by atoms with Crippen molar-refractivity contribution in [2.45, 2.75) is 39.5 Å². The van der Waals surface area contributed by atoms with Gasteiger partial charge in [0.2, 0.25) is 0 Å². The molecule has 0 atom stereocenters. The molecule has 0 radical (unpaired) electrons. The molecule has 0 bridgehead atoms. The molecule has 0 spiro atoms. The van der Waals surface area contributed by atoms with E-state index in [9.17, 15) is 0 Å². The van der Waals surface area contributed by atoms with Crippen LogP contribution in [0, 0.1) is 0 Å². The Morgan fingerprint density at radius 1 is 1.00 bits per heavy atom. The number of nitrogens with zero attached hydrogens (tertiary/aromatic N) is 1. The molecule has 19 heavy (non-hydrogen) atoms. The first-order valence-electron chi connectivity index (χ1n) is 7.23. The molecule has 1 aromatic carbocycles. The van der Waals surface area contributed by atoms with Gasteiger partial charge in [-0.1, -0.05) is 32.8 Å². The highest BCUT2D eigenvalue weighted by Crippen LogP contribution is 2.26. The Morgan fingerprint density at radius 2 is 1.79 bits per heavy atom. The second-order valence-corrected chi connectivity index (χ2v) is 4.72. The van der Waals surface area contributed by atoms with Crippen molar-refractivity contribution in [2.75, 3.05) is 13.2 Å². The number of ether oxygens (including phenoxy) is 1. The summed E-state index contributed by atoms with van der Waals surface area (Å²) >= 11 is 0. The van der Waals surface area contributed by atoms with Gasteiger partial charge >= 0.3 is 0 Å². The maximum atomic E-state index is 5.83. The van der Waals surface area contributed by atoms with E-state index < -0.39 is 0 Å². The second kappa shape index (κ2) is 7.07. The fourth-order valence-electron chi connectivity index (χ4n) is 1.99. The van der Waals surface area contributed by atoms with Gasteiger partial charge in [-0.05, 0) is 31.0 Å². The standard InChI is InChI=1S/C16H23NO2/c1-3-5-12-18-16-9-7-8-15-14(16)10-11-17(15)19-13-6-4-2/h7-11H,3-6,12-13H2,1-2H3. The minimum absolute atomic E-state index is 0.751. The molecule has 0 saturated heterocycles. The average molecular weight is 261 g/mol. The summed E-state index contributed by atoms with van der Waals surface area (Å²) in [6.07, 6.45) is 6.42. The van der Waals surface area contributed by atoms with E-state index in [1.165, 1.54) is 0 Å². The number of hydrogen-bond donors (Lipinski definition) is 0. The van der Waals surface area contributed by atoms with Gasteiger partial charge in [-0.2, -0.15) is 4.73 Å². The quantitative estimate of drug-likeness (QED) is 0.669. The Kier molecular flexibility index (Phi) is 5.13. The first-order valence-corrected chi connectivity index (χ1v) is 7.23. The molecule has 0 unspecified atom stereocenters. The van der Waals surface area contributed by atoms with Crippen LogP contribution in [0.5, 0.6) is 5.75 Å². The van der Waals surface area contributed by atoms with Crippen molar-refractivity contribution >= 4 is 10.9 Å². The third-order valence-electron chi connectivity index (χ3n) is 3.14. The Hall–Kier alpha value is -1.64. The molecule has 0 aliphatic rings. The summed E-state index contributed by atoms with van der Waals surface area (Å²) in [7, 11) is 0. The van der Waals surface area contributed by atoms with Crippen LogP contribution in [0.2, 0.25) is 0 Å². The third kappa shape index (κ3) is 3.43. The highest BCUT2D eigenvalue weighted by atomic mass is 16.7. The van der Waals surface area contributed by atoms with E-state index >= 15 is 0 Å². The van der Waals surface area contributed by atoms with E-state index in [-0.39, 0.29) is 0 Å². The molecule has 2 aromatic rings. The molecule has 2 rings (SSSR count). The molecule has 1 heterocycles. The molecular formula is C16H23NO2. The van der Waals surface area contributed by atoms with Crippen molar-refractivity contribution in [3.8, 4) is 5.75 Å². The van der Waals surface area contributed by atoms with Gasteiger partial charge in [-0.15, -0.1) is 0 Å². The SMILES string of the molecule is CCCCOc1cccc2c1ccn2OCCCC. The molecule has 0 fully saturated rings. The Morgan fingerprint density at radius 3 is 2.58 bits per heavy atom. The Balaban J connectivity index is 2.12. The van der Waals surface area contributed by atoms with E-state index in [0.717, 1.165) is 55.5 Å². The van der Waals surface area contributed by atoms with Crippen LogP contribution in [0.15, 0.2) is 30.5 Å². The normalized spacial score (nSPS) is 10.8. The molecule has 0 aliphatic carbocycles. The lowest BCUT2D eigenvalue weighted by atomic mass is 10.2. The van der Waals surface area contributed by atoms with Crippen molar-refractivity contribution in [1.29, 1.82) is 0 Å². The summed E-state index contributed by atoms with van der Waals surface area (Å²) in [5.41, 5.74) is 1.07. The second-order valence-electron chi connectivity index (χ2n) is 4.72. The highest BCUT2D eigenvalue weighted by molar-refractivity contribution is 5.86. The zero-order valence-electron chi connectivity index (χ0n) is 11.9. The summed E-state index contributed by atoms with van der Waals surface area (Å²) in [6.45, 7) is 5.86.